The Labute approximate surface area is 85.1 Å². The van der Waals surface area contributed by atoms with Crippen molar-refractivity contribution in [2.24, 2.45) is 5.41 Å². The van der Waals surface area contributed by atoms with Crippen molar-refractivity contribution in [3.63, 3.8) is 0 Å². The third-order valence-corrected chi connectivity index (χ3v) is 2.49. The summed E-state index contributed by atoms with van der Waals surface area (Å²) in [6.45, 7) is 8.96. The zero-order valence-electron chi connectivity index (χ0n) is 9.51. The largest absolute Gasteiger partial charge is 0.463 e. The van der Waals surface area contributed by atoms with Gasteiger partial charge in [-0.05, 0) is 34.6 Å². The van der Waals surface area contributed by atoms with Crippen LogP contribution in [0, 0.1) is 5.41 Å². The molecule has 0 saturated heterocycles. The highest BCUT2D eigenvalue weighted by Gasteiger charge is 2.26. The van der Waals surface area contributed by atoms with E-state index in [1.165, 1.54) is 13.0 Å². The van der Waals surface area contributed by atoms with E-state index < -0.39 is 5.41 Å². The lowest BCUT2D eigenvalue weighted by Crippen LogP contribution is -2.23. The molecule has 14 heavy (non-hydrogen) atoms. The second-order valence-corrected chi connectivity index (χ2v) is 3.76. The molecule has 0 bridgehead atoms. The Morgan fingerprint density at radius 3 is 2.14 bits per heavy atom. The van der Waals surface area contributed by atoms with Crippen LogP contribution >= 0.6 is 0 Å². The van der Waals surface area contributed by atoms with Crippen molar-refractivity contribution in [2.75, 3.05) is 6.61 Å². The van der Waals surface area contributed by atoms with Gasteiger partial charge in [0.15, 0.2) is 0 Å². The minimum Gasteiger partial charge on any atom is -0.463 e. The molecule has 80 valence electrons. The molecule has 0 aromatic carbocycles. The first-order chi connectivity index (χ1) is 6.32. The average molecular weight is 198 g/mol. The van der Waals surface area contributed by atoms with E-state index >= 15 is 0 Å². The Kier molecular flexibility index (Phi) is 4.54. The van der Waals surface area contributed by atoms with E-state index in [1.54, 1.807) is 27.7 Å². The number of Topliss-reactive ketones (excluding diaryl/α,β-unsaturated/α-hetero) is 1. The summed E-state index contributed by atoms with van der Waals surface area (Å²) in [6, 6.07) is 0. The maximum Gasteiger partial charge on any atom is 0.330 e. The summed E-state index contributed by atoms with van der Waals surface area (Å²) in [5.41, 5.74) is 0.135. The zero-order chi connectivity index (χ0) is 11.4. The predicted molar refractivity (Wildman–Crippen MR) is 54.9 cm³/mol. The fraction of sp³-hybridized carbons (Fsp3) is 0.636. The molecule has 0 heterocycles. The van der Waals surface area contributed by atoms with Crippen LogP contribution in [0.25, 0.3) is 0 Å². The summed E-state index contributed by atoms with van der Waals surface area (Å²) in [6.07, 6.45) is 1.38. The highest BCUT2D eigenvalue weighted by Crippen LogP contribution is 2.26. The number of carbonyl (C=O) groups excluding carboxylic acids is 2. The summed E-state index contributed by atoms with van der Waals surface area (Å²) in [5.74, 6) is -0.352. The van der Waals surface area contributed by atoms with E-state index in [-0.39, 0.29) is 11.8 Å². The molecule has 0 fully saturated rings. The maximum absolute atomic E-state index is 11.3. The molecular weight excluding hydrogens is 180 g/mol. The van der Waals surface area contributed by atoms with Crippen LogP contribution in [0.1, 0.15) is 34.6 Å². The van der Waals surface area contributed by atoms with Crippen LogP contribution in [0.3, 0.4) is 0 Å². The number of rotatable bonds is 4. The van der Waals surface area contributed by atoms with Crippen LogP contribution in [0.2, 0.25) is 0 Å². The molecule has 0 radical (unpaired) electrons. The number of esters is 1. The van der Waals surface area contributed by atoms with Gasteiger partial charge in [-0.25, -0.2) is 4.79 Å². The lowest BCUT2D eigenvalue weighted by Gasteiger charge is -2.21. The van der Waals surface area contributed by atoms with Crippen molar-refractivity contribution in [2.45, 2.75) is 34.6 Å². The van der Waals surface area contributed by atoms with E-state index in [9.17, 15) is 9.59 Å². The SMILES string of the molecule is CCOC(=O)C=C(C)C(C)(C)C(C)=O. The Morgan fingerprint density at radius 2 is 1.79 bits per heavy atom. The molecule has 0 spiro atoms. The fourth-order valence-corrected chi connectivity index (χ4v) is 0.819. The third-order valence-electron chi connectivity index (χ3n) is 2.49. The summed E-state index contributed by atoms with van der Waals surface area (Å²) in [7, 11) is 0. The summed E-state index contributed by atoms with van der Waals surface area (Å²) in [5, 5.41) is 0. The smallest absolute Gasteiger partial charge is 0.330 e. The van der Waals surface area contributed by atoms with E-state index in [0.29, 0.717) is 6.61 Å². The second-order valence-electron chi connectivity index (χ2n) is 3.76. The third kappa shape index (κ3) is 3.32. The standard InChI is InChI=1S/C11H18O3/c1-6-14-10(13)7-8(2)11(4,5)9(3)12/h7H,6H2,1-5H3. The summed E-state index contributed by atoms with van der Waals surface area (Å²) >= 11 is 0. The van der Waals surface area contributed by atoms with E-state index in [1.807, 2.05) is 0 Å². The van der Waals surface area contributed by atoms with E-state index in [0.717, 1.165) is 5.57 Å². The molecule has 0 aliphatic carbocycles. The normalized spacial score (nSPS) is 12.5. The van der Waals surface area contributed by atoms with Crippen molar-refractivity contribution in [1.29, 1.82) is 0 Å². The van der Waals surface area contributed by atoms with Crippen LogP contribution in [0.4, 0.5) is 0 Å². The lowest BCUT2D eigenvalue weighted by atomic mass is 9.81. The summed E-state index contributed by atoms with van der Waals surface area (Å²) < 4.78 is 4.76. The lowest BCUT2D eigenvalue weighted by molar-refractivity contribution is -0.137. The van der Waals surface area contributed by atoms with Gasteiger partial charge in [0.1, 0.15) is 5.78 Å². The zero-order valence-corrected chi connectivity index (χ0v) is 9.51. The number of ketones is 1. The van der Waals surface area contributed by atoms with Crippen molar-refractivity contribution in [1.82, 2.24) is 0 Å². The van der Waals surface area contributed by atoms with Gasteiger partial charge in [-0.1, -0.05) is 5.57 Å². The first-order valence-corrected chi connectivity index (χ1v) is 4.69. The Bertz CT molecular complexity index is 262. The van der Waals surface area contributed by atoms with Gasteiger partial charge in [0.25, 0.3) is 0 Å². The molecule has 0 amide bonds. The Balaban J connectivity index is 4.68. The highest BCUT2D eigenvalue weighted by molar-refractivity contribution is 5.88. The number of ether oxygens (including phenoxy) is 1. The van der Waals surface area contributed by atoms with Gasteiger partial charge in [0, 0.05) is 11.5 Å². The first-order valence-electron chi connectivity index (χ1n) is 4.69. The number of allylic oxidation sites excluding steroid dienone is 1. The molecule has 0 aromatic heterocycles. The number of carbonyl (C=O) groups is 2. The van der Waals surface area contributed by atoms with Crippen LogP contribution < -0.4 is 0 Å². The van der Waals surface area contributed by atoms with Crippen LogP contribution in [0.5, 0.6) is 0 Å². The maximum atomic E-state index is 11.3. The van der Waals surface area contributed by atoms with Crippen molar-refractivity contribution in [3.8, 4) is 0 Å². The molecule has 0 aromatic rings. The molecule has 0 rings (SSSR count). The molecule has 0 aliphatic heterocycles. The van der Waals surface area contributed by atoms with Gasteiger partial charge in [-0.2, -0.15) is 0 Å². The number of hydrogen-bond acceptors (Lipinski definition) is 3. The van der Waals surface area contributed by atoms with Gasteiger partial charge >= 0.3 is 5.97 Å². The first kappa shape index (κ1) is 12.9. The fourth-order valence-electron chi connectivity index (χ4n) is 0.819. The van der Waals surface area contributed by atoms with Crippen LogP contribution in [-0.2, 0) is 14.3 Å². The average Bonchev–Trinajstić information content (AvgIpc) is 2.03. The molecule has 0 unspecified atom stereocenters. The second kappa shape index (κ2) is 4.94. The van der Waals surface area contributed by atoms with E-state index in [2.05, 4.69) is 0 Å². The monoisotopic (exact) mass is 198 g/mol. The minimum absolute atomic E-state index is 0.0375. The minimum atomic E-state index is -0.591. The van der Waals surface area contributed by atoms with Crippen LogP contribution in [-0.4, -0.2) is 18.4 Å². The quantitative estimate of drug-likeness (QED) is 0.513. The predicted octanol–water partition coefficient (Wildman–Crippen LogP) is 2.11. The molecular formula is C11H18O3. The van der Waals surface area contributed by atoms with Gasteiger partial charge < -0.3 is 4.74 Å². The van der Waals surface area contributed by atoms with Crippen molar-refractivity contribution < 1.29 is 14.3 Å². The molecule has 3 heteroatoms. The summed E-state index contributed by atoms with van der Waals surface area (Å²) in [4.78, 5) is 22.4. The van der Waals surface area contributed by atoms with Gasteiger partial charge in [0.2, 0.25) is 0 Å². The highest BCUT2D eigenvalue weighted by atomic mass is 16.5. The molecule has 0 saturated carbocycles. The van der Waals surface area contributed by atoms with Gasteiger partial charge in [-0.15, -0.1) is 0 Å². The van der Waals surface area contributed by atoms with Crippen molar-refractivity contribution >= 4 is 11.8 Å². The van der Waals surface area contributed by atoms with E-state index in [4.69, 9.17) is 4.74 Å². The van der Waals surface area contributed by atoms with Crippen molar-refractivity contribution in [3.05, 3.63) is 11.6 Å². The van der Waals surface area contributed by atoms with Gasteiger partial charge in [-0.3, -0.25) is 4.79 Å². The Morgan fingerprint density at radius 1 is 1.29 bits per heavy atom. The molecule has 3 nitrogen and oxygen atoms in total. The molecule has 0 aliphatic rings. The Hall–Kier alpha value is -1.12. The van der Waals surface area contributed by atoms with Gasteiger partial charge in [0.05, 0.1) is 6.61 Å². The van der Waals surface area contributed by atoms with Crippen LogP contribution in [0.15, 0.2) is 11.6 Å². The number of hydrogen-bond donors (Lipinski definition) is 0. The molecule has 0 atom stereocenters. The topological polar surface area (TPSA) is 43.4 Å². The molecule has 0 N–H and O–H groups in total.